The summed E-state index contributed by atoms with van der Waals surface area (Å²) < 4.78 is 4.53. The molecular weight excluding hydrogens is 248 g/mol. The van der Waals surface area contributed by atoms with E-state index in [9.17, 15) is 9.59 Å². The molecule has 0 aliphatic rings. The Kier molecular flexibility index (Phi) is 3.77. The molecule has 0 unspecified atom stereocenters. The number of pyridine rings is 1. The number of ether oxygens (including phenoxy) is 1. The first kappa shape index (κ1) is 12.6. The highest BCUT2D eigenvalue weighted by molar-refractivity contribution is 6.02. The third-order valence-electron chi connectivity index (χ3n) is 2.17. The van der Waals surface area contributed by atoms with Gasteiger partial charge in [-0.2, -0.15) is 0 Å². The Labute approximate surface area is 108 Å². The molecule has 0 aliphatic heterocycles. The molecule has 19 heavy (non-hydrogen) atoms. The maximum Gasteiger partial charge on any atom is 0.356 e. The van der Waals surface area contributed by atoms with Crippen LogP contribution in [0.4, 0.5) is 5.95 Å². The van der Waals surface area contributed by atoms with Crippen LogP contribution in [0, 0.1) is 0 Å². The molecule has 1 N–H and O–H groups in total. The highest BCUT2D eigenvalue weighted by atomic mass is 16.5. The normalized spacial score (nSPS) is 9.74. The molecule has 7 nitrogen and oxygen atoms in total. The van der Waals surface area contributed by atoms with E-state index in [1.54, 1.807) is 12.1 Å². The van der Waals surface area contributed by atoms with E-state index in [0.717, 1.165) is 0 Å². The maximum absolute atomic E-state index is 11.9. The third-order valence-corrected chi connectivity index (χ3v) is 2.17. The molecule has 0 radical (unpaired) electrons. The topological polar surface area (TPSA) is 94.1 Å². The van der Waals surface area contributed by atoms with Crippen molar-refractivity contribution in [3.63, 3.8) is 0 Å². The second kappa shape index (κ2) is 5.67. The molecule has 0 aliphatic carbocycles. The van der Waals surface area contributed by atoms with E-state index in [-0.39, 0.29) is 17.3 Å². The number of carbonyl (C=O) groups excluding carboxylic acids is 2. The van der Waals surface area contributed by atoms with Gasteiger partial charge in [-0.05, 0) is 18.2 Å². The van der Waals surface area contributed by atoms with Crippen LogP contribution in [-0.2, 0) is 4.74 Å². The predicted octanol–water partition coefficient (Wildman–Crippen LogP) is 0.910. The average molecular weight is 258 g/mol. The number of amides is 1. The molecule has 2 aromatic rings. The van der Waals surface area contributed by atoms with E-state index in [4.69, 9.17) is 0 Å². The lowest BCUT2D eigenvalue weighted by Gasteiger charge is -2.03. The van der Waals surface area contributed by atoms with Gasteiger partial charge in [-0.15, -0.1) is 0 Å². The van der Waals surface area contributed by atoms with Crippen LogP contribution in [0.25, 0.3) is 0 Å². The molecule has 0 aromatic carbocycles. The van der Waals surface area contributed by atoms with Crippen LogP contribution in [0.1, 0.15) is 21.0 Å². The van der Waals surface area contributed by atoms with Gasteiger partial charge in [0.2, 0.25) is 5.95 Å². The van der Waals surface area contributed by atoms with Crippen LogP contribution in [0.5, 0.6) is 0 Å². The Bertz CT molecular complexity index is 601. The van der Waals surface area contributed by atoms with Gasteiger partial charge >= 0.3 is 5.97 Å². The van der Waals surface area contributed by atoms with E-state index in [1.807, 2.05) is 0 Å². The molecule has 0 spiro atoms. The molecule has 7 heteroatoms. The van der Waals surface area contributed by atoms with Gasteiger partial charge in [0.1, 0.15) is 11.4 Å². The average Bonchev–Trinajstić information content (AvgIpc) is 2.47. The van der Waals surface area contributed by atoms with Crippen molar-refractivity contribution in [3.8, 4) is 0 Å². The summed E-state index contributed by atoms with van der Waals surface area (Å²) in [7, 11) is 1.24. The van der Waals surface area contributed by atoms with Gasteiger partial charge in [0, 0.05) is 12.4 Å². The first-order valence-electron chi connectivity index (χ1n) is 5.34. The summed E-state index contributed by atoms with van der Waals surface area (Å²) >= 11 is 0. The van der Waals surface area contributed by atoms with Crippen LogP contribution in [0.3, 0.4) is 0 Å². The standard InChI is InChI=1S/C12H10N4O3/c1-19-11(18)9-5-2-4-8(15-9)10(17)16-12-13-6-3-7-14-12/h2-7H,1H3,(H,13,14,16,17). The molecule has 0 fully saturated rings. The van der Waals surface area contributed by atoms with Crippen molar-refractivity contribution in [1.82, 2.24) is 15.0 Å². The quantitative estimate of drug-likeness (QED) is 0.822. The SMILES string of the molecule is COC(=O)c1cccc(C(=O)Nc2ncccn2)n1. The van der Waals surface area contributed by atoms with Gasteiger partial charge in [0.05, 0.1) is 7.11 Å². The van der Waals surface area contributed by atoms with Gasteiger partial charge in [-0.25, -0.2) is 19.7 Å². The number of nitrogens with one attached hydrogen (secondary N) is 1. The van der Waals surface area contributed by atoms with Crippen molar-refractivity contribution in [2.45, 2.75) is 0 Å². The Morgan fingerprint density at radius 1 is 1.11 bits per heavy atom. The zero-order chi connectivity index (χ0) is 13.7. The molecule has 2 rings (SSSR count). The minimum atomic E-state index is -0.606. The van der Waals surface area contributed by atoms with Crippen molar-refractivity contribution >= 4 is 17.8 Å². The van der Waals surface area contributed by atoms with Crippen LogP contribution < -0.4 is 5.32 Å². The first-order chi connectivity index (χ1) is 9.20. The van der Waals surface area contributed by atoms with Crippen molar-refractivity contribution in [2.75, 3.05) is 12.4 Å². The highest BCUT2D eigenvalue weighted by Gasteiger charge is 2.13. The molecule has 2 aromatic heterocycles. The Morgan fingerprint density at radius 2 is 1.79 bits per heavy atom. The number of anilines is 1. The summed E-state index contributed by atoms with van der Waals surface area (Å²) in [6, 6.07) is 6.11. The van der Waals surface area contributed by atoms with E-state index in [1.165, 1.54) is 31.6 Å². The summed E-state index contributed by atoms with van der Waals surface area (Å²) in [4.78, 5) is 34.8. The minimum Gasteiger partial charge on any atom is -0.464 e. The second-order valence-corrected chi connectivity index (χ2v) is 3.43. The van der Waals surface area contributed by atoms with Crippen LogP contribution in [-0.4, -0.2) is 33.9 Å². The number of rotatable bonds is 3. The van der Waals surface area contributed by atoms with Gasteiger partial charge < -0.3 is 4.74 Å². The predicted molar refractivity (Wildman–Crippen MR) is 65.6 cm³/mol. The monoisotopic (exact) mass is 258 g/mol. The molecule has 0 saturated carbocycles. The summed E-state index contributed by atoms with van der Waals surface area (Å²) in [5.74, 6) is -0.944. The van der Waals surface area contributed by atoms with Gasteiger partial charge in [-0.1, -0.05) is 6.07 Å². The largest absolute Gasteiger partial charge is 0.464 e. The van der Waals surface area contributed by atoms with Crippen LogP contribution in [0.15, 0.2) is 36.7 Å². The zero-order valence-corrected chi connectivity index (χ0v) is 10.0. The number of hydrogen-bond donors (Lipinski definition) is 1. The van der Waals surface area contributed by atoms with Crippen LogP contribution >= 0.6 is 0 Å². The third kappa shape index (κ3) is 3.09. The van der Waals surface area contributed by atoms with Gasteiger partial charge in [0.25, 0.3) is 5.91 Å². The molecule has 0 atom stereocenters. The lowest BCUT2D eigenvalue weighted by molar-refractivity contribution is 0.0594. The van der Waals surface area contributed by atoms with E-state index >= 15 is 0 Å². The zero-order valence-electron chi connectivity index (χ0n) is 10.0. The molecule has 0 saturated heterocycles. The van der Waals surface area contributed by atoms with Crippen molar-refractivity contribution in [3.05, 3.63) is 48.0 Å². The number of nitrogens with zero attached hydrogens (tertiary/aromatic N) is 3. The molecule has 1 amide bonds. The highest BCUT2D eigenvalue weighted by Crippen LogP contribution is 2.04. The van der Waals surface area contributed by atoms with Crippen molar-refractivity contribution < 1.29 is 14.3 Å². The fourth-order valence-corrected chi connectivity index (χ4v) is 1.31. The Balaban J connectivity index is 2.18. The summed E-state index contributed by atoms with van der Waals surface area (Å²) in [6.45, 7) is 0. The van der Waals surface area contributed by atoms with E-state index < -0.39 is 11.9 Å². The number of aromatic nitrogens is 3. The fraction of sp³-hybridized carbons (Fsp3) is 0.0833. The van der Waals surface area contributed by atoms with E-state index in [2.05, 4.69) is 25.0 Å². The Hall–Kier alpha value is -2.83. The second-order valence-electron chi connectivity index (χ2n) is 3.43. The number of esters is 1. The molecule has 96 valence electrons. The number of hydrogen-bond acceptors (Lipinski definition) is 6. The minimum absolute atomic E-state index is 0.0594. The lowest BCUT2D eigenvalue weighted by Crippen LogP contribution is -2.17. The maximum atomic E-state index is 11.9. The Morgan fingerprint density at radius 3 is 2.47 bits per heavy atom. The molecule has 0 bridgehead atoms. The lowest BCUT2D eigenvalue weighted by atomic mass is 10.3. The van der Waals surface area contributed by atoms with Crippen molar-refractivity contribution in [1.29, 1.82) is 0 Å². The first-order valence-corrected chi connectivity index (χ1v) is 5.34. The van der Waals surface area contributed by atoms with Gasteiger partial charge in [-0.3, -0.25) is 10.1 Å². The summed E-state index contributed by atoms with van der Waals surface area (Å²) in [5, 5.41) is 2.47. The summed E-state index contributed by atoms with van der Waals surface area (Å²) in [6.07, 6.45) is 3.00. The number of methoxy groups -OCH3 is 1. The van der Waals surface area contributed by atoms with Gasteiger partial charge in [0.15, 0.2) is 0 Å². The molecule has 2 heterocycles. The fourth-order valence-electron chi connectivity index (χ4n) is 1.31. The molecular formula is C12H10N4O3. The van der Waals surface area contributed by atoms with Crippen LogP contribution in [0.2, 0.25) is 0 Å². The van der Waals surface area contributed by atoms with E-state index in [0.29, 0.717) is 0 Å². The smallest absolute Gasteiger partial charge is 0.356 e. The number of carbonyl (C=O) groups is 2. The summed E-state index contributed by atoms with van der Waals surface area (Å²) in [5.41, 5.74) is 0.138. The van der Waals surface area contributed by atoms with Crippen molar-refractivity contribution in [2.24, 2.45) is 0 Å².